The molecule has 1 saturated carbocycles. The minimum absolute atomic E-state index is 0.541. The highest BCUT2D eigenvalue weighted by atomic mass is 19.4. The molecule has 0 bridgehead atoms. The van der Waals surface area contributed by atoms with E-state index >= 15 is 0 Å². The number of alkyl halides is 24. The predicted octanol–water partition coefficient (Wildman–Crippen LogP) is 9.40. The van der Waals surface area contributed by atoms with Crippen LogP contribution in [0, 0.1) is 16.7 Å². The Hall–Kier alpha value is -2.74. The average Bonchev–Trinajstić information content (AvgIpc) is 3.22. The van der Waals surface area contributed by atoms with Crippen LogP contribution in [0.2, 0.25) is 0 Å². The topological polar surface area (TPSA) is 52.6 Å². The summed E-state index contributed by atoms with van der Waals surface area (Å²) in [6.45, 7) is -5.00. The van der Waals surface area contributed by atoms with Crippen LogP contribution in [0.15, 0.2) is 0 Å². The zero-order valence-corrected chi connectivity index (χ0v) is 25.3. The molecule has 0 aliphatic heterocycles. The smallest absolute Gasteiger partial charge is 0.384 e. The van der Waals surface area contributed by atoms with Gasteiger partial charge < -0.3 is 9.47 Å². The standard InChI is InChI=1S/C24H20F24O4/c1-13(2)8(9(49)51-6-15(29,30)19(37,38)23(45,46)21(41,42)17(33,34)10(25)26)4-5-14(13,3)12(50)52-7-16(31,32)20(39,40)24(47,48)22(43,44)18(35,36)11(27)28/h8,10-11H,4-7H2,1-3H3/t8-,14+/m0/s1. The third-order valence-corrected chi connectivity index (χ3v) is 8.62. The number of ether oxygens (including phenoxy) is 2. The average molecular weight is 828 g/mol. The van der Waals surface area contributed by atoms with Crippen LogP contribution in [0.3, 0.4) is 0 Å². The highest BCUT2D eigenvalue weighted by molar-refractivity contribution is 5.82. The van der Waals surface area contributed by atoms with Crippen molar-refractivity contribution in [3.8, 4) is 0 Å². The number of carbonyl (C=O) groups excluding carboxylic acids is 2. The Morgan fingerprint density at radius 1 is 0.538 bits per heavy atom. The zero-order chi connectivity index (χ0) is 42.1. The summed E-state index contributed by atoms with van der Waals surface area (Å²) in [5.74, 6) is -82.4. The van der Waals surface area contributed by atoms with Crippen LogP contribution in [0.5, 0.6) is 0 Å². The number of hydrogen-bond acceptors (Lipinski definition) is 4. The summed E-state index contributed by atoms with van der Waals surface area (Å²) in [6, 6.07) is 0. The molecule has 4 nitrogen and oxygen atoms in total. The van der Waals surface area contributed by atoms with Gasteiger partial charge in [-0.1, -0.05) is 13.8 Å². The van der Waals surface area contributed by atoms with E-state index in [0.29, 0.717) is 20.8 Å². The maximum absolute atomic E-state index is 14.1. The Morgan fingerprint density at radius 2 is 0.846 bits per heavy atom. The maximum atomic E-state index is 14.1. The monoisotopic (exact) mass is 828 g/mol. The molecule has 1 aliphatic carbocycles. The van der Waals surface area contributed by atoms with Gasteiger partial charge in [0, 0.05) is 0 Å². The van der Waals surface area contributed by atoms with Gasteiger partial charge in [0.15, 0.2) is 13.2 Å². The third kappa shape index (κ3) is 6.55. The van der Waals surface area contributed by atoms with Crippen LogP contribution in [-0.2, 0) is 19.1 Å². The zero-order valence-electron chi connectivity index (χ0n) is 25.3. The van der Waals surface area contributed by atoms with Crippen molar-refractivity contribution in [1.82, 2.24) is 0 Å². The van der Waals surface area contributed by atoms with E-state index in [-0.39, 0.29) is 0 Å². The van der Waals surface area contributed by atoms with Gasteiger partial charge in [-0.2, -0.15) is 87.8 Å². The van der Waals surface area contributed by atoms with Gasteiger partial charge in [0.25, 0.3) is 0 Å². The molecule has 0 aromatic carbocycles. The van der Waals surface area contributed by atoms with Crippen LogP contribution in [0.25, 0.3) is 0 Å². The molecule has 28 heteroatoms. The summed E-state index contributed by atoms with van der Waals surface area (Å²) in [7, 11) is 0. The first-order valence-electron chi connectivity index (χ1n) is 13.2. The second kappa shape index (κ2) is 13.2. The van der Waals surface area contributed by atoms with E-state index in [4.69, 9.17) is 0 Å². The fraction of sp³-hybridized carbons (Fsp3) is 0.917. The number of esters is 2. The normalized spacial score (nSPS) is 21.9. The highest BCUT2D eigenvalue weighted by Gasteiger charge is 2.89. The van der Waals surface area contributed by atoms with Crippen molar-refractivity contribution >= 4 is 11.9 Å². The van der Waals surface area contributed by atoms with Gasteiger partial charge in [-0.05, 0) is 25.2 Å². The number of rotatable bonds is 16. The van der Waals surface area contributed by atoms with Crippen LogP contribution in [0.4, 0.5) is 105 Å². The highest BCUT2D eigenvalue weighted by Crippen LogP contribution is 2.61. The van der Waals surface area contributed by atoms with Crippen molar-refractivity contribution in [3.63, 3.8) is 0 Å². The molecule has 0 radical (unpaired) electrons. The largest absolute Gasteiger partial charge is 0.459 e. The maximum Gasteiger partial charge on any atom is 0.384 e. The molecule has 0 heterocycles. The van der Waals surface area contributed by atoms with Crippen molar-refractivity contribution in [1.29, 1.82) is 0 Å². The van der Waals surface area contributed by atoms with Crippen molar-refractivity contribution in [2.75, 3.05) is 13.2 Å². The summed E-state index contributed by atoms with van der Waals surface area (Å²) < 4.78 is 328. The molecule has 52 heavy (non-hydrogen) atoms. The predicted molar refractivity (Wildman–Crippen MR) is 118 cm³/mol. The fourth-order valence-corrected chi connectivity index (χ4v) is 4.58. The molecule has 2 atom stereocenters. The van der Waals surface area contributed by atoms with Crippen molar-refractivity contribution in [3.05, 3.63) is 0 Å². The molecular weight excluding hydrogens is 808 g/mol. The molecule has 0 unspecified atom stereocenters. The quantitative estimate of drug-likeness (QED) is 0.115. The fourth-order valence-electron chi connectivity index (χ4n) is 4.58. The van der Waals surface area contributed by atoms with E-state index in [9.17, 15) is 115 Å². The first kappa shape index (κ1) is 47.3. The van der Waals surface area contributed by atoms with Gasteiger partial charge in [-0.3, -0.25) is 9.59 Å². The summed E-state index contributed by atoms with van der Waals surface area (Å²) in [5, 5.41) is 0. The van der Waals surface area contributed by atoms with Gasteiger partial charge in [-0.15, -0.1) is 0 Å². The van der Waals surface area contributed by atoms with Crippen LogP contribution < -0.4 is 0 Å². The molecule has 1 fully saturated rings. The molecule has 0 amide bonds. The van der Waals surface area contributed by atoms with E-state index in [2.05, 4.69) is 9.47 Å². The second-order valence-corrected chi connectivity index (χ2v) is 12.0. The second-order valence-electron chi connectivity index (χ2n) is 12.0. The third-order valence-electron chi connectivity index (χ3n) is 8.62. The number of carbonyl (C=O) groups is 2. The lowest BCUT2D eigenvalue weighted by Gasteiger charge is -2.41. The van der Waals surface area contributed by atoms with Gasteiger partial charge in [0.05, 0.1) is 11.3 Å². The van der Waals surface area contributed by atoms with Gasteiger partial charge in [0.1, 0.15) is 0 Å². The van der Waals surface area contributed by atoms with Crippen molar-refractivity contribution in [2.24, 2.45) is 16.7 Å². The van der Waals surface area contributed by atoms with Crippen molar-refractivity contribution in [2.45, 2.75) is 106 Å². The van der Waals surface area contributed by atoms with Crippen LogP contribution in [-0.4, -0.2) is 97.2 Å². The van der Waals surface area contributed by atoms with Crippen molar-refractivity contribution < 1.29 is 124 Å². The SMILES string of the molecule is CC1(C)[C@H](C(=O)OCC(F)(F)C(F)(F)C(F)(F)C(F)(F)C(F)(F)C(F)F)CC[C@]1(C)C(=O)OCC(F)(F)C(F)(F)C(F)(F)C(F)(F)C(F)(F)C(F)F. The minimum atomic E-state index is -8.01. The van der Waals surface area contributed by atoms with E-state index in [1.165, 1.54) is 0 Å². The Morgan fingerprint density at radius 3 is 1.15 bits per heavy atom. The number of hydrogen-bond donors (Lipinski definition) is 0. The van der Waals surface area contributed by atoms with Gasteiger partial charge >= 0.3 is 84.0 Å². The molecule has 0 aromatic heterocycles. The van der Waals surface area contributed by atoms with E-state index in [0.717, 1.165) is 0 Å². The van der Waals surface area contributed by atoms with Crippen LogP contribution >= 0.6 is 0 Å². The molecule has 308 valence electrons. The van der Waals surface area contributed by atoms with Gasteiger partial charge in [0.2, 0.25) is 0 Å². The molecule has 0 N–H and O–H groups in total. The summed E-state index contributed by atoms with van der Waals surface area (Å²) in [5.41, 5.74) is -5.02. The Labute approximate surface area is 273 Å². The number of halogens is 24. The molecule has 1 aliphatic rings. The Balaban J connectivity index is 3.26. The summed E-state index contributed by atoms with van der Waals surface area (Å²) in [4.78, 5) is 25.0. The van der Waals surface area contributed by atoms with E-state index < -0.39 is 127 Å². The molecular formula is C24H20F24O4. The van der Waals surface area contributed by atoms with Gasteiger partial charge in [-0.25, -0.2) is 17.6 Å². The lowest BCUT2D eigenvalue weighted by molar-refractivity contribution is -0.414. The van der Waals surface area contributed by atoms with E-state index in [1.807, 2.05) is 0 Å². The summed E-state index contributed by atoms with van der Waals surface area (Å²) in [6.07, 6.45) is -13.6. The molecule has 0 saturated heterocycles. The lowest BCUT2D eigenvalue weighted by atomic mass is 9.65. The first-order chi connectivity index (χ1) is 22.5. The molecule has 0 spiro atoms. The summed E-state index contributed by atoms with van der Waals surface area (Å²) >= 11 is 0. The van der Waals surface area contributed by atoms with E-state index in [1.54, 1.807) is 0 Å². The lowest BCUT2D eigenvalue weighted by Crippen LogP contribution is -2.69. The Kier molecular flexibility index (Phi) is 12.0. The van der Waals surface area contributed by atoms with Crippen LogP contribution in [0.1, 0.15) is 33.6 Å². The first-order valence-corrected chi connectivity index (χ1v) is 13.2. The molecule has 0 aromatic rings. The Bertz CT molecular complexity index is 1320. The minimum Gasteiger partial charge on any atom is -0.459 e. The molecule has 1 rings (SSSR count).